The highest BCUT2D eigenvalue weighted by Crippen LogP contribution is 2.29. The van der Waals surface area contributed by atoms with Crippen molar-refractivity contribution in [1.29, 1.82) is 0 Å². The number of nitrogens with zero attached hydrogens (tertiary/aromatic N) is 1. The first-order valence-corrected chi connectivity index (χ1v) is 11.9. The molecule has 2 aromatic carbocycles. The Labute approximate surface area is 202 Å². The number of halogens is 1. The molecule has 0 saturated heterocycles. The first-order chi connectivity index (χ1) is 15.8. The zero-order chi connectivity index (χ0) is 24.4. The predicted octanol–water partition coefficient (Wildman–Crippen LogP) is 5.01. The fourth-order valence-corrected chi connectivity index (χ4v) is 3.64. The van der Waals surface area contributed by atoms with E-state index in [0.717, 1.165) is 11.1 Å². The molecule has 0 aromatic heterocycles. The Morgan fingerprint density at radius 2 is 1.67 bits per heavy atom. The molecular formula is C26H35ClN2O4. The normalized spacial score (nSPS) is 11.7. The van der Waals surface area contributed by atoms with Crippen LogP contribution in [0.25, 0.3) is 0 Å². The van der Waals surface area contributed by atoms with Crippen LogP contribution in [0.3, 0.4) is 0 Å². The molecular weight excluding hydrogens is 440 g/mol. The fourth-order valence-electron chi connectivity index (χ4n) is 3.44. The highest BCUT2D eigenvalue weighted by molar-refractivity contribution is 6.31. The maximum atomic E-state index is 13.3. The molecule has 0 aliphatic carbocycles. The van der Waals surface area contributed by atoms with Crippen LogP contribution in [0.5, 0.6) is 11.5 Å². The molecule has 0 saturated carbocycles. The van der Waals surface area contributed by atoms with Crippen molar-refractivity contribution in [1.82, 2.24) is 10.2 Å². The van der Waals surface area contributed by atoms with Gasteiger partial charge in [-0.05, 0) is 70.4 Å². The van der Waals surface area contributed by atoms with Gasteiger partial charge in [0.1, 0.15) is 6.04 Å². The average molecular weight is 475 g/mol. The molecule has 33 heavy (non-hydrogen) atoms. The Hall–Kier alpha value is -2.73. The summed E-state index contributed by atoms with van der Waals surface area (Å²) in [5.41, 5.74) is 1.77. The largest absolute Gasteiger partial charge is 0.490 e. The van der Waals surface area contributed by atoms with Crippen molar-refractivity contribution in [3.05, 3.63) is 58.6 Å². The van der Waals surface area contributed by atoms with Crippen LogP contribution in [0.1, 0.15) is 52.2 Å². The second-order valence-electron chi connectivity index (χ2n) is 8.10. The number of nitrogens with one attached hydrogen (secondary N) is 1. The molecule has 1 N–H and O–H groups in total. The van der Waals surface area contributed by atoms with E-state index in [9.17, 15) is 9.59 Å². The monoisotopic (exact) mass is 474 g/mol. The Bertz CT molecular complexity index is 932. The second kappa shape index (κ2) is 13.1. The lowest BCUT2D eigenvalue weighted by molar-refractivity contribution is -0.140. The standard InChI is InChI=1S/C26H35ClN2O4/c1-6-32-23-14-12-20(16-24(23)33-7-2)13-15-25(30)29(19(5)26(31)28-18(3)4)17-21-10-8-9-11-22(21)27/h8-12,14,16,18-19H,6-7,13,15,17H2,1-5H3,(H,28,31)/t19-/m0/s1. The predicted molar refractivity (Wildman–Crippen MR) is 132 cm³/mol. The zero-order valence-electron chi connectivity index (χ0n) is 20.2. The summed E-state index contributed by atoms with van der Waals surface area (Å²) in [5, 5.41) is 3.46. The number of carbonyl (C=O) groups is 2. The number of benzene rings is 2. The fraction of sp³-hybridized carbons (Fsp3) is 0.462. The third-order valence-electron chi connectivity index (χ3n) is 5.13. The molecule has 0 aliphatic rings. The van der Waals surface area contributed by atoms with Gasteiger partial charge in [-0.25, -0.2) is 0 Å². The lowest BCUT2D eigenvalue weighted by Gasteiger charge is -2.29. The minimum Gasteiger partial charge on any atom is -0.490 e. The molecule has 2 rings (SSSR count). The first kappa shape index (κ1) is 26.5. The molecule has 0 aliphatic heterocycles. The van der Waals surface area contributed by atoms with Crippen LogP contribution >= 0.6 is 11.6 Å². The zero-order valence-corrected chi connectivity index (χ0v) is 20.9. The number of carbonyl (C=O) groups excluding carboxylic acids is 2. The van der Waals surface area contributed by atoms with E-state index in [0.29, 0.717) is 36.2 Å². The number of rotatable bonds is 12. The highest BCUT2D eigenvalue weighted by Gasteiger charge is 2.27. The van der Waals surface area contributed by atoms with Crippen molar-refractivity contribution in [2.45, 2.75) is 66.1 Å². The van der Waals surface area contributed by atoms with E-state index in [1.165, 1.54) is 0 Å². The van der Waals surface area contributed by atoms with Gasteiger partial charge in [-0.3, -0.25) is 9.59 Å². The lowest BCUT2D eigenvalue weighted by Crippen LogP contribution is -2.49. The maximum absolute atomic E-state index is 13.3. The SMILES string of the molecule is CCOc1ccc(CCC(=O)N(Cc2ccccc2Cl)[C@@H](C)C(=O)NC(C)C)cc1OCC. The molecule has 1 atom stereocenters. The summed E-state index contributed by atoms with van der Waals surface area (Å²) in [6.45, 7) is 10.7. The minimum atomic E-state index is -0.629. The number of hydrogen-bond acceptors (Lipinski definition) is 4. The second-order valence-corrected chi connectivity index (χ2v) is 8.51. The van der Waals surface area contributed by atoms with Crippen LogP contribution in [-0.2, 0) is 22.6 Å². The molecule has 2 amide bonds. The molecule has 7 heteroatoms. The van der Waals surface area contributed by atoms with Crippen molar-refractivity contribution < 1.29 is 19.1 Å². The molecule has 180 valence electrons. The summed E-state index contributed by atoms with van der Waals surface area (Å²) in [5.74, 6) is 1.05. The van der Waals surface area contributed by atoms with Gasteiger partial charge in [0.05, 0.1) is 13.2 Å². The summed E-state index contributed by atoms with van der Waals surface area (Å²) in [4.78, 5) is 27.6. The van der Waals surface area contributed by atoms with Crippen molar-refractivity contribution >= 4 is 23.4 Å². The van der Waals surface area contributed by atoms with Gasteiger partial charge in [-0.1, -0.05) is 35.9 Å². The van der Waals surface area contributed by atoms with E-state index in [1.54, 1.807) is 17.9 Å². The number of amides is 2. The van der Waals surface area contributed by atoms with Crippen molar-refractivity contribution in [2.24, 2.45) is 0 Å². The molecule has 0 unspecified atom stereocenters. The van der Waals surface area contributed by atoms with E-state index in [1.807, 2.05) is 64.1 Å². The van der Waals surface area contributed by atoms with Gasteiger partial charge in [0.25, 0.3) is 0 Å². The Kier molecular flexibility index (Phi) is 10.5. The minimum absolute atomic E-state index is 0.0157. The Balaban J connectivity index is 2.19. The van der Waals surface area contributed by atoms with Crippen LogP contribution < -0.4 is 14.8 Å². The van der Waals surface area contributed by atoms with Gasteiger partial charge in [0.15, 0.2) is 11.5 Å². The van der Waals surface area contributed by atoms with Crippen molar-refractivity contribution in [2.75, 3.05) is 13.2 Å². The van der Waals surface area contributed by atoms with Crippen molar-refractivity contribution in [3.63, 3.8) is 0 Å². The number of hydrogen-bond donors (Lipinski definition) is 1. The van der Waals surface area contributed by atoms with Gasteiger partial charge >= 0.3 is 0 Å². The van der Waals surface area contributed by atoms with Crippen LogP contribution in [0.15, 0.2) is 42.5 Å². The molecule has 6 nitrogen and oxygen atoms in total. The summed E-state index contributed by atoms with van der Waals surface area (Å²) in [6, 6.07) is 12.4. The maximum Gasteiger partial charge on any atom is 0.242 e. The molecule has 0 heterocycles. The van der Waals surface area contributed by atoms with Crippen molar-refractivity contribution in [3.8, 4) is 11.5 Å². The van der Waals surface area contributed by atoms with Crippen LogP contribution in [0.4, 0.5) is 0 Å². The summed E-state index contributed by atoms with van der Waals surface area (Å²) in [7, 11) is 0. The summed E-state index contributed by atoms with van der Waals surface area (Å²) >= 11 is 6.34. The van der Waals surface area contributed by atoms with Crippen LogP contribution in [0, 0.1) is 0 Å². The van der Waals surface area contributed by atoms with E-state index in [4.69, 9.17) is 21.1 Å². The smallest absolute Gasteiger partial charge is 0.242 e. The third-order valence-corrected chi connectivity index (χ3v) is 5.50. The summed E-state index contributed by atoms with van der Waals surface area (Å²) in [6.07, 6.45) is 0.770. The van der Waals surface area contributed by atoms with Gasteiger partial charge in [0, 0.05) is 24.0 Å². The average Bonchev–Trinajstić information content (AvgIpc) is 2.78. The number of ether oxygens (including phenoxy) is 2. The topological polar surface area (TPSA) is 67.9 Å². The Morgan fingerprint density at radius 3 is 2.30 bits per heavy atom. The molecule has 0 radical (unpaired) electrons. The van der Waals surface area contributed by atoms with Gasteiger partial charge in [-0.2, -0.15) is 0 Å². The Morgan fingerprint density at radius 1 is 1.00 bits per heavy atom. The quantitative estimate of drug-likeness (QED) is 0.469. The molecule has 0 bridgehead atoms. The lowest BCUT2D eigenvalue weighted by atomic mass is 10.1. The molecule has 0 spiro atoms. The van der Waals surface area contributed by atoms with Gasteiger partial charge in [-0.15, -0.1) is 0 Å². The summed E-state index contributed by atoms with van der Waals surface area (Å²) < 4.78 is 11.3. The van der Waals surface area contributed by atoms with Crippen LogP contribution in [0.2, 0.25) is 5.02 Å². The van der Waals surface area contributed by atoms with E-state index >= 15 is 0 Å². The van der Waals surface area contributed by atoms with Gasteiger partial charge in [0.2, 0.25) is 11.8 Å². The van der Waals surface area contributed by atoms with E-state index < -0.39 is 6.04 Å². The van der Waals surface area contributed by atoms with Gasteiger partial charge < -0.3 is 19.7 Å². The first-order valence-electron chi connectivity index (χ1n) is 11.5. The molecule has 2 aromatic rings. The van der Waals surface area contributed by atoms with E-state index in [2.05, 4.69) is 5.32 Å². The highest BCUT2D eigenvalue weighted by atomic mass is 35.5. The number of aryl methyl sites for hydroxylation is 1. The van der Waals surface area contributed by atoms with E-state index in [-0.39, 0.29) is 30.8 Å². The van der Waals surface area contributed by atoms with Crippen LogP contribution in [-0.4, -0.2) is 42.0 Å². The third kappa shape index (κ3) is 7.97. The molecule has 0 fully saturated rings.